The molecule has 0 aromatic heterocycles. The summed E-state index contributed by atoms with van der Waals surface area (Å²) in [5, 5.41) is 13.9. The van der Waals surface area contributed by atoms with Gasteiger partial charge in [-0.15, -0.1) is 0 Å². The van der Waals surface area contributed by atoms with Gasteiger partial charge in [-0.05, 0) is 17.2 Å². The van der Waals surface area contributed by atoms with Crippen LogP contribution in [0.3, 0.4) is 0 Å². The van der Waals surface area contributed by atoms with Crippen molar-refractivity contribution in [2.45, 2.75) is 6.92 Å². The molecule has 0 saturated carbocycles. The average molecular weight is 224 g/mol. The molecule has 0 radical (unpaired) electrons. The fraction of sp³-hybridized carbons (Fsp3) is 0.0909. The van der Waals surface area contributed by atoms with E-state index in [-0.39, 0.29) is 5.97 Å². The molecule has 0 fully saturated rings. The van der Waals surface area contributed by atoms with E-state index in [0.717, 1.165) is 6.26 Å². The fourth-order valence-electron chi connectivity index (χ4n) is 0.793. The largest absolute Gasteiger partial charge is 0.503 e. The highest BCUT2D eigenvalue weighted by molar-refractivity contribution is 5.80. The normalized spacial score (nSPS) is 8.31. The van der Waals surface area contributed by atoms with E-state index >= 15 is 0 Å². The van der Waals surface area contributed by atoms with Crippen LogP contribution in [0.25, 0.3) is 11.1 Å². The lowest BCUT2D eigenvalue weighted by molar-refractivity contribution is -0.135. The molecule has 0 amide bonds. The van der Waals surface area contributed by atoms with Gasteiger partial charge >= 0.3 is 12.1 Å². The Kier molecular flexibility index (Phi) is 6.04. The summed E-state index contributed by atoms with van der Waals surface area (Å²) < 4.78 is 4.17. The highest BCUT2D eigenvalue weighted by Crippen LogP contribution is 2.32. The predicted octanol–water partition coefficient (Wildman–Crippen LogP) is 2.58. The zero-order valence-corrected chi connectivity index (χ0v) is 8.71. The molecule has 0 heterocycles. The molecule has 86 valence electrons. The molecule has 16 heavy (non-hydrogen) atoms. The monoisotopic (exact) mass is 224 g/mol. The predicted molar refractivity (Wildman–Crippen MR) is 58.1 cm³/mol. The molecule has 5 heteroatoms. The van der Waals surface area contributed by atoms with Crippen molar-refractivity contribution in [3.63, 3.8) is 0 Å². The van der Waals surface area contributed by atoms with Crippen LogP contribution < -0.4 is 0 Å². The van der Waals surface area contributed by atoms with Crippen molar-refractivity contribution in [3.8, 4) is 11.1 Å². The Morgan fingerprint density at radius 1 is 1.31 bits per heavy atom. The maximum Gasteiger partial charge on any atom is 0.503 e. The zero-order chi connectivity index (χ0) is 12.6. The lowest BCUT2D eigenvalue weighted by Gasteiger charge is -1.83. The molecule has 0 saturated heterocycles. The van der Waals surface area contributed by atoms with Crippen LogP contribution in [0.4, 0.5) is 4.79 Å². The van der Waals surface area contributed by atoms with E-state index < -0.39 is 6.16 Å². The number of benzene rings is 1. The van der Waals surface area contributed by atoms with Crippen molar-refractivity contribution in [1.29, 1.82) is 0 Å². The minimum absolute atomic E-state index is 0.329. The van der Waals surface area contributed by atoms with Crippen LogP contribution in [-0.4, -0.2) is 22.3 Å². The summed E-state index contributed by atoms with van der Waals surface area (Å²) >= 11 is 0. The van der Waals surface area contributed by atoms with E-state index in [0.29, 0.717) is 0 Å². The number of carbonyl (C=O) groups is 2. The summed E-state index contributed by atoms with van der Waals surface area (Å²) in [6.45, 7) is 4.48. The molecule has 0 aromatic carbocycles. The Bertz CT molecular complexity index is 362. The van der Waals surface area contributed by atoms with E-state index in [2.05, 4.69) is 35.6 Å². The van der Waals surface area contributed by atoms with Crippen molar-refractivity contribution in [2.24, 2.45) is 0 Å². The molecule has 2 aliphatic rings. The van der Waals surface area contributed by atoms with Gasteiger partial charge < -0.3 is 14.9 Å². The van der Waals surface area contributed by atoms with E-state index in [4.69, 9.17) is 15.0 Å². The van der Waals surface area contributed by atoms with Crippen LogP contribution >= 0.6 is 0 Å². The third-order valence-corrected chi connectivity index (χ3v) is 1.36. The Morgan fingerprint density at radius 3 is 1.81 bits per heavy atom. The Labute approximate surface area is 92.6 Å². The maximum atomic E-state index is 9.75. The van der Waals surface area contributed by atoms with Gasteiger partial charge in [0, 0.05) is 6.92 Å². The smallest absolute Gasteiger partial charge is 0.450 e. The van der Waals surface area contributed by atoms with Crippen LogP contribution in [0.2, 0.25) is 0 Å². The van der Waals surface area contributed by atoms with Crippen LogP contribution in [0.15, 0.2) is 37.1 Å². The maximum absolute atomic E-state index is 9.75. The van der Waals surface area contributed by atoms with Gasteiger partial charge in [-0.1, -0.05) is 24.8 Å². The Morgan fingerprint density at radius 2 is 1.75 bits per heavy atom. The molecular weight excluding hydrogens is 212 g/mol. The standard InChI is InChI=1S/C6H4.C4H6O2.CH2O3/c1-2-5-4-6(5)3-1;1-3-6-4(2)5;2-1(3)4/h1-4H;3H,1H2,2H3;(H2,2,3,4). The lowest BCUT2D eigenvalue weighted by atomic mass is 10.6. The molecule has 5 nitrogen and oxygen atoms in total. The highest BCUT2D eigenvalue weighted by atomic mass is 16.6. The molecule has 0 aromatic rings. The quantitative estimate of drug-likeness (QED) is 0.574. The van der Waals surface area contributed by atoms with Gasteiger partial charge in [0.25, 0.3) is 0 Å². The van der Waals surface area contributed by atoms with Crippen LogP contribution in [0.5, 0.6) is 0 Å². The van der Waals surface area contributed by atoms with Crippen LogP contribution in [0, 0.1) is 0 Å². The van der Waals surface area contributed by atoms with Gasteiger partial charge in [0.15, 0.2) is 0 Å². The van der Waals surface area contributed by atoms with Crippen molar-refractivity contribution in [2.75, 3.05) is 0 Å². The second kappa shape index (κ2) is 7.05. The molecule has 2 rings (SSSR count). The zero-order valence-electron chi connectivity index (χ0n) is 8.71. The minimum atomic E-state index is -1.83. The van der Waals surface area contributed by atoms with Crippen molar-refractivity contribution >= 4 is 12.1 Å². The summed E-state index contributed by atoms with van der Waals surface area (Å²) in [5.74, 6) is -0.329. The first-order valence-corrected chi connectivity index (χ1v) is 4.27. The SMILES string of the molecule is C=COC(C)=O.O=C(O)O.c1cc2cc-2c1. The number of rotatable bonds is 1. The first-order chi connectivity index (χ1) is 7.47. The molecular formula is C11H12O5. The van der Waals surface area contributed by atoms with Gasteiger partial charge in [0.05, 0.1) is 6.26 Å². The number of carboxylic acid groups (broad SMARTS) is 2. The summed E-state index contributed by atoms with van der Waals surface area (Å²) in [4.78, 5) is 18.3. The van der Waals surface area contributed by atoms with Gasteiger partial charge in [0.1, 0.15) is 0 Å². The van der Waals surface area contributed by atoms with Gasteiger partial charge in [-0.3, -0.25) is 4.79 Å². The van der Waals surface area contributed by atoms with Gasteiger partial charge in [-0.2, -0.15) is 0 Å². The van der Waals surface area contributed by atoms with Crippen LogP contribution in [0.1, 0.15) is 6.92 Å². The third kappa shape index (κ3) is 8.31. The number of fused-ring (bicyclic) bond motifs is 1. The fourth-order valence-corrected chi connectivity index (χ4v) is 0.793. The topological polar surface area (TPSA) is 83.8 Å². The summed E-state index contributed by atoms with van der Waals surface area (Å²) in [6, 6.07) is 8.48. The number of esters is 1. The molecule has 2 N–H and O–H groups in total. The molecule has 0 atom stereocenters. The van der Waals surface area contributed by atoms with Crippen molar-refractivity contribution < 1.29 is 24.5 Å². The van der Waals surface area contributed by atoms with E-state index in [1.165, 1.54) is 18.1 Å². The molecule has 2 aliphatic carbocycles. The number of carbonyl (C=O) groups excluding carboxylic acids is 1. The number of ether oxygens (including phenoxy) is 1. The second-order valence-corrected chi connectivity index (χ2v) is 2.64. The summed E-state index contributed by atoms with van der Waals surface area (Å²) in [6.07, 6.45) is -0.734. The third-order valence-electron chi connectivity index (χ3n) is 1.36. The molecule has 0 spiro atoms. The number of hydrogen-bond donors (Lipinski definition) is 2. The van der Waals surface area contributed by atoms with E-state index in [1.807, 2.05) is 0 Å². The Hall–Kier alpha value is -2.30. The molecule has 0 aliphatic heterocycles. The second-order valence-electron chi connectivity index (χ2n) is 2.64. The molecule has 0 bridgehead atoms. The Balaban J connectivity index is 0.000000217. The van der Waals surface area contributed by atoms with Crippen molar-refractivity contribution in [3.05, 3.63) is 37.1 Å². The van der Waals surface area contributed by atoms with Gasteiger partial charge in [-0.25, -0.2) is 4.79 Å². The van der Waals surface area contributed by atoms with Gasteiger partial charge in [0.2, 0.25) is 0 Å². The highest BCUT2D eigenvalue weighted by Gasteiger charge is 2.06. The summed E-state index contributed by atoms with van der Waals surface area (Å²) in [5.41, 5.74) is 2.85. The lowest BCUT2D eigenvalue weighted by Crippen LogP contribution is -1.87. The average Bonchev–Trinajstić information content (AvgIpc) is 2.73. The number of hydrogen-bond acceptors (Lipinski definition) is 3. The summed E-state index contributed by atoms with van der Waals surface area (Å²) in [7, 11) is 0. The van der Waals surface area contributed by atoms with E-state index in [1.54, 1.807) is 0 Å². The van der Waals surface area contributed by atoms with E-state index in [9.17, 15) is 4.79 Å². The van der Waals surface area contributed by atoms with Crippen molar-refractivity contribution in [1.82, 2.24) is 0 Å². The minimum Gasteiger partial charge on any atom is -0.450 e. The first kappa shape index (κ1) is 13.7. The first-order valence-electron chi connectivity index (χ1n) is 4.27. The molecule has 0 unspecified atom stereocenters. The van der Waals surface area contributed by atoms with Crippen LogP contribution in [-0.2, 0) is 9.53 Å².